The molecule has 0 aliphatic heterocycles. The van der Waals surface area contributed by atoms with Crippen LogP contribution in [0.25, 0.3) is 10.9 Å². The van der Waals surface area contributed by atoms with Gasteiger partial charge < -0.3 is 9.88 Å². The lowest BCUT2D eigenvalue weighted by molar-refractivity contribution is -0.143. The fourth-order valence-electron chi connectivity index (χ4n) is 3.22. The number of hydrogen-bond acceptors (Lipinski definition) is 3. The van der Waals surface area contributed by atoms with Gasteiger partial charge in [0, 0.05) is 30.2 Å². The largest absolute Gasteiger partial charge is 0.431 e. The summed E-state index contributed by atoms with van der Waals surface area (Å²) in [5, 5.41) is 9.48. The van der Waals surface area contributed by atoms with Crippen molar-refractivity contribution in [1.82, 2.24) is 20.1 Å². The van der Waals surface area contributed by atoms with E-state index in [1.165, 1.54) is 6.07 Å². The van der Waals surface area contributed by atoms with Gasteiger partial charge in [-0.3, -0.25) is 14.7 Å². The van der Waals surface area contributed by atoms with E-state index >= 15 is 0 Å². The van der Waals surface area contributed by atoms with Crippen molar-refractivity contribution in [3.8, 4) is 0 Å². The van der Waals surface area contributed by atoms with E-state index in [4.69, 9.17) is 0 Å². The molecule has 6 nitrogen and oxygen atoms in total. The van der Waals surface area contributed by atoms with E-state index in [0.29, 0.717) is 6.07 Å². The third-order valence-electron chi connectivity index (χ3n) is 4.56. The zero-order valence-corrected chi connectivity index (χ0v) is 16.1. The number of benzene rings is 1. The second-order valence-electron chi connectivity index (χ2n) is 6.85. The molecule has 29 heavy (non-hydrogen) atoms. The van der Waals surface area contributed by atoms with Crippen molar-refractivity contribution in [2.24, 2.45) is 0 Å². The number of aromatic nitrogens is 3. The predicted molar refractivity (Wildman–Crippen MR) is 103 cm³/mol. The molecule has 0 radical (unpaired) electrons. The maximum absolute atomic E-state index is 13.5. The molecule has 0 saturated carbocycles. The quantitative estimate of drug-likeness (QED) is 0.658. The van der Waals surface area contributed by atoms with Crippen molar-refractivity contribution in [1.29, 1.82) is 0 Å². The van der Waals surface area contributed by atoms with E-state index in [1.54, 1.807) is 25.1 Å². The Bertz CT molecular complexity index is 1100. The van der Waals surface area contributed by atoms with Crippen molar-refractivity contribution in [3.63, 3.8) is 0 Å². The predicted octanol–water partition coefficient (Wildman–Crippen LogP) is 3.43. The first-order valence-corrected chi connectivity index (χ1v) is 9.24. The molecule has 0 bridgehead atoms. The highest BCUT2D eigenvalue weighted by molar-refractivity contribution is 5.92. The van der Waals surface area contributed by atoms with Crippen LogP contribution in [-0.2, 0) is 19.1 Å². The van der Waals surface area contributed by atoms with E-state index in [1.807, 2.05) is 6.92 Å². The summed E-state index contributed by atoms with van der Waals surface area (Å²) in [5.41, 5.74) is 0.225. The number of aryl methyl sites for hydroxylation is 2. The number of pyridine rings is 1. The monoisotopic (exact) mass is 406 g/mol. The smallest absolute Gasteiger partial charge is 0.349 e. The van der Waals surface area contributed by atoms with Crippen molar-refractivity contribution in [2.45, 2.75) is 39.4 Å². The van der Waals surface area contributed by atoms with Crippen LogP contribution in [0.2, 0.25) is 0 Å². The number of alkyl halides is 3. The number of carbonyl (C=O) groups excluding carboxylic acids is 1. The number of hydrogen-bond donors (Lipinski definition) is 2. The molecule has 2 aromatic heterocycles. The Morgan fingerprint density at radius 3 is 2.69 bits per heavy atom. The van der Waals surface area contributed by atoms with Crippen LogP contribution in [0.4, 0.5) is 13.2 Å². The van der Waals surface area contributed by atoms with Gasteiger partial charge in [-0.2, -0.15) is 18.3 Å². The lowest BCUT2D eigenvalue weighted by Gasteiger charge is -2.19. The molecule has 0 spiro atoms. The van der Waals surface area contributed by atoms with E-state index in [2.05, 4.69) is 15.5 Å². The van der Waals surface area contributed by atoms with E-state index in [0.717, 1.165) is 28.7 Å². The van der Waals surface area contributed by atoms with Crippen LogP contribution in [0.1, 0.15) is 40.8 Å². The molecule has 1 aromatic carbocycles. The van der Waals surface area contributed by atoms with Gasteiger partial charge in [0.25, 0.3) is 5.91 Å². The van der Waals surface area contributed by atoms with Crippen molar-refractivity contribution in [2.75, 3.05) is 6.54 Å². The van der Waals surface area contributed by atoms with Crippen LogP contribution < -0.4 is 10.7 Å². The number of rotatable bonds is 6. The summed E-state index contributed by atoms with van der Waals surface area (Å²) >= 11 is 0. The highest BCUT2D eigenvalue weighted by Crippen LogP contribution is 2.30. The molecule has 2 N–H and O–H groups in total. The number of carbonyl (C=O) groups is 1. The highest BCUT2D eigenvalue weighted by atomic mass is 19.4. The molecule has 3 aromatic rings. The fourth-order valence-corrected chi connectivity index (χ4v) is 3.22. The summed E-state index contributed by atoms with van der Waals surface area (Å²) < 4.78 is 41.5. The average Bonchev–Trinajstić information content (AvgIpc) is 3.11. The molecule has 154 valence electrons. The molecule has 3 rings (SSSR count). The molecule has 0 aliphatic carbocycles. The zero-order valence-electron chi connectivity index (χ0n) is 16.1. The first-order valence-electron chi connectivity index (χ1n) is 9.24. The fraction of sp³-hybridized carbons (Fsp3) is 0.350. The summed E-state index contributed by atoms with van der Waals surface area (Å²) in [5.74, 6) is -0.474. The number of halogens is 3. The molecule has 0 aliphatic rings. The number of nitrogens with zero attached hydrogens (tertiary/aromatic N) is 2. The molecule has 1 amide bonds. The van der Waals surface area contributed by atoms with Gasteiger partial charge in [0.1, 0.15) is 11.4 Å². The third kappa shape index (κ3) is 4.49. The Balaban J connectivity index is 1.85. The van der Waals surface area contributed by atoms with Gasteiger partial charge in [-0.1, -0.05) is 25.0 Å². The second-order valence-corrected chi connectivity index (χ2v) is 6.85. The topological polar surface area (TPSA) is 79.8 Å². The van der Waals surface area contributed by atoms with Crippen molar-refractivity contribution < 1.29 is 18.0 Å². The minimum Gasteiger partial charge on any atom is -0.349 e. The molecular formula is C20H21F3N4O2. The zero-order chi connectivity index (χ0) is 21.2. The minimum absolute atomic E-state index is 0.0519. The Kier molecular flexibility index (Phi) is 5.76. The Labute approximate surface area is 164 Å². The lowest BCUT2D eigenvalue weighted by atomic mass is 10.1. The Hall–Kier alpha value is -3.10. The number of H-pyrrole nitrogens is 1. The first-order chi connectivity index (χ1) is 13.7. The summed E-state index contributed by atoms with van der Waals surface area (Å²) in [6.45, 7) is 3.56. The van der Waals surface area contributed by atoms with Crippen molar-refractivity contribution in [3.05, 3.63) is 63.2 Å². The molecule has 0 unspecified atom stereocenters. The molecule has 2 heterocycles. The second kappa shape index (κ2) is 8.10. The van der Waals surface area contributed by atoms with Crippen LogP contribution >= 0.6 is 0 Å². The van der Waals surface area contributed by atoms with Crippen LogP contribution in [-0.4, -0.2) is 27.2 Å². The van der Waals surface area contributed by atoms with Gasteiger partial charge in [0.15, 0.2) is 5.43 Å². The van der Waals surface area contributed by atoms with Gasteiger partial charge in [-0.25, -0.2) is 0 Å². The maximum Gasteiger partial charge on any atom is 0.431 e. The van der Waals surface area contributed by atoms with E-state index < -0.39 is 23.2 Å². The van der Waals surface area contributed by atoms with Crippen LogP contribution in [0, 0.1) is 6.92 Å². The van der Waals surface area contributed by atoms with Gasteiger partial charge in [0.2, 0.25) is 0 Å². The lowest BCUT2D eigenvalue weighted by Crippen LogP contribution is -2.30. The maximum atomic E-state index is 13.5. The van der Waals surface area contributed by atoms with E-state index in [9.17, 15) is 22.8 Å². The number of amides is 1. The Morgan fingerprint density at radius 2 is 2.00 bits per heavy atom. The summed E-state index contributed by atoms with van der Waals surface area (Å²) in [7, 11) is 0. The molecule has 9 heteroatoms. The van der Waals surface area contributed by atoms with Gasteiger partial charge in [-0.15, -0.1) is 0 Å². The SMILES string of the molecule is CCCc1cc(C(=O)NCCn2c(C(F)(F)F)cc(=O)c3cc(C)ccc32)n[nH]1. The number of fused-ring (bicyclic) bond motifs is 1. The molecule has 0 saturated heterocycles. The van der Waals surface area contributed by atoms with Gasteiger partial charge >= 0.3 is 6.18 Å². The molecule has 0 atom stereocenters. The summed E-state index contributed by atoms with van der Waals surface area (Å²) in [4.78, 5) is 24.4. The summed E-state index contributed by atoms with van der Waals surface area (Å²) in [6, 6.07) is 6.93. The third-order valence-corrected chi connectivity index (χ3v) is 4.56. The van der Waals surface area contributed by atoms with Crippen molar-refractivity contribution >= 4 is 16.8 Å². The van der Waals surface area contributed by atoms with E-state index in [-0.39, 0.29) is 29.7 Å². The highest BCUT2D eigenvalue weighted by Gasteiger charge is 2.35. The van der Waals surface area contributed by atoms with Gasteiger partial charge in [-0.05, 0) is 31.5 Å². The normalized spacial score (nSPS) is 11.8. The average molecular weight is 406 g/mol. The number of aromatic amines is 1. The number of nitrogens with one attached hydrogen (secondary N) is 2. The Morgan fingerprint density at radius 1 is 1.24 bits per heavy atom. The molecular weight excluding hydrogens is 385 g/mol. The summed E-state index contributed by atoms with van der Waals surface area (Å²) in [6.07, 6.45) is -3.06. The van der Waals surface area contributed by atoms with Gasteiger partial charge in [0.05, 0.1) is 5.52 Å². The minimum atomic E-state index is -4.69. The van der Waals surface area contributed by atoms with Crippen LogP contribution in [0.15, 0.2) is 35.1 Å². The van der Waals surface area contributed by atoms with Crippen LogP contribution in [0.5, 0.6) is 0 Å². The van der Waals surface area contributed by atoms with Crippen LogP contribution in [0.3, 0.4) is 0 Å². The first kappa shape index (κ1) is 20.6. The standard InChI is InChI=1S/C20H21F3N4O2/c1-3-4-13-10-15(26-25-13)19(29)24-7-8-27-16-6-5-12(2)9-14(16)17(28)11-18(27)20(21,22)23/h5-6,9-11H,3-4,7-8H2,1-2H3,(H,24,29)(H,25,26). The molecule has 0 fully saturated rings.